The quantitative estimate of drug-likeness (QED) is 0.751. The van der Waals surface area contributed by atoms with Gasteiger partial charge in [0, 0.05) is 39.0 Å². The van der Waals surface area contributed by atoms with E-state index in [9.17, 15) is 4.79 Å². The van der Waals surface area contributed by atoms with E-state index in [1.807, 2.05) is 36.2 Å². The first-order chi connectivity index (χ1) is 12.6. The molecule has 3 heterocycles. The number of anilines is 4. The van der Waals surface area contributed by atoms with Gasteiger partial charge < -0.3 is 20.1 Å². The smallest absolute Gasteiger partial charge is 0.260 e. The van der Waals surface area contributed by atoms with Gasteiger partial charge in [-0.15, -0.1) is 0 Å². The zero-order valence-corrected chi connectivity index (χ0v) is 14.6. The second kappa shape index (κ2) is 6.47. The topological polar surface area (TPSA) is 90.0 Å². The number of imidazole rings is 1. The maximum atomic E-state index is 12.8. The number of H-pyrrole nitrogens is 1. The van der Waals surface area contributed by atoms with Crippen molar-refractivity contribution in [3.63, 3.8) is 0 Å². The molecule has 0 fully saturated rings. The Balaban J connectivity index is 1.63. The number of aromatic nitrogens is 4. The van der Waals surface area contributed by atoms with E-state index in [-0.39, 0.29) is 5.91 Å². The van der Waals surface area contributed by atoms with Gasteiger partial charge in [-0.05, 0) is 12.1 Å². The van der Waals surface area contributed by atoms with Crippen LogP contribution >= 0.6 is 0 Å². The summed E-state index contributed by atoms with van der Waals surface area (Å²) in [6.45, 7) is 0.677. The normalized spacial score (nSPS) is 13.2. The van der Waals surface area contributed by atoms with Crippen LogP contribution in [-0.4, -0.2) is 46.5 Å². The molecule has 0 aliphatic carbocycles. The largest absolute Gasteiger partial charge is 0.354 e. The van der Waals surface area contributed by atoms with Gasteiger partial charge in [-0.3, -0.25) is 4.79 Å². The molecule has 1 aliphatic rings. The fraction of sp³-hybridized carbons (Fsp3) is 0.222. The lowest BCUT2D eigenvalue weighted by molar-refractivity contribution is 0.0994. The average molecular weight is 349 g/mol. The number of carbonyl (C=O) groups is 1. The van der Waals surface area contributed by atoms with E-state index in [1.165, 1.54) is 0 Å². The molecule has 0 radical (unpaired) electrons. The summed E-state index contributed by atoms with van der Waals surface area (Å²) in [5.74, 6) is 1.13. The highest BCUT2D eigenvalue weighted by molar-refractivity contribution is 6.13. The Labute approximate surface area is 150 Å². The summed E-state index contributed by atoms with van der Waals surface area (Å²) in [7, 11) is 3.65. The third kappa shape index (κ3) is 2.75. The maximum Gasteiger partial charge on any atom is 0.260 e. The summed E-state index contributed by atoms with van der Waals surface area (Å²) >= 11 is 0. The monoisotopic (exact) mass is 349 g/mol. The van der Waals surface area contributed by atoms with E-state index in [1.54, 1.807) is 30.7 Å². The van der Waals surface area contributed by atoms with Crippen molar-refractivity contribution in [3.8, 4) is 0 Å². The minimum absolute atomic E-state index is 0.0743. The van der Waals surface area contributed by atoms with Crippen molar-refractivity contribution in [1.82, 2.24) is 19.9 Å². The Hall–Kier alpha value is -3.42. The molecule has 0 atom stereocenters. The lowest BCUT2D eigenvalue weighted by atomic mass is 10.1. The predicted molar refractivity (Wildman–Crippen MR) is 100 cm³/mol. The fourth-order valence-corrected chi connectivity index (χ4v) is 3.02. The molecule has 0 unspecified atom stereocenters. The number of amides is 1. The van der Waals surface area contributed by atoms with Crippen LogP contribution in [0.4, 0.5) is 23.1 Å². The fourth-order valence-electron chi connectivity index (χ4n) is 3.02. The standard InChI is InChI=1S/C18H19N7O/c1-24-14-6-4-3-5-13(14)17(26)25(2)15-10-21-18(23-16(15)24)20-8-7-12-9-19-11-22-12/h3-6,9-11H,7-8H2,1-2H3,(H,19,22)(H,20,21,23). The van der Waals surface area contributed by atoms with E-state index in [0.29, 0.717) is 29.6 Å². The Morgan fingerprint density at radius 3 is 2.77 bits per heavy atom. The van der Waals surface area contributed by atoms with Crippen molar-refractivity contribution in [3.05, 3.63) is 54.2 Å². The van der Waals surface area contributed by atoms with Gasteiger partial charge in [-0.25, -0.2) is 9.97 Å². The minimum atomic E-state index is -0.0743. The molecule has 26 heavy (non-hydrogen) atoms. The Bertz CT molecular complexity index is 938. The highest BCUT2D eigenvalue weighted by atomic mass is 16.2. The highest BCUT2D eigenvalue weighted by Crippen LogP contribution is 2.37. The third-order valence-corrected chi connectivity index (χ3v) is 4.46. The molecule has 1 aliphatic heterocycles. The number of rotatable bonds is 4. The zero-order valence-electron chi connectivity index (χ0n) is 14.6. The van der Waals surface area contributed by atoms with E-state index in [4.69, 9.17) is 0 Å². The van der Waals surface area contributed by atoms with Gasteiger partial charge in [0.2, 0.25) is 5.95 Å². The number of hydrogen-bond acceptors (Lipinski definition) is 6. The second-order valence-corrected chi connectivity index (χ2v) is 6.10. The molecule has 0 saturated heterocycles. The van der Waals surface area contributed by atoms with Crippen molar-refractivity contribution in [2.45, 2.75) is 6.42 Å². The summed E-state index contributed by atoms with van der Waals surface area (Å²) in [6, 6.07) is 7.53. The first kappa shape index (κ1) is 16.1. The van der Waals surface area contributed by atoms with Crippen molar-refractivity contribution < 1.29 is 4.79 Å². The van der Waals surface area contributed by atoms with Crippen molar-refractivity contribution in [2.24, 2.45) is 0 Å². The summed E-state index contributed by atoms with van der Waals surface area (Å²) < 4.78 is 0. The van der Waals surface area contributed by atoms with Gasteiger partial charge in [0.15, 0.2) is 5.82 Å². The van der Waals surface area contributed by atoms with E-state index >= 15 is 0 Å². The SMILES string of the molecule is CN1C(=O)c2ccccc2N(C)c2nc(NCCc3cnc[nH]3)ncc21. The van der Waals surface area contributed by atoms with E-state index < -0.39 is 0 Å². The molecule has 0 bridgehead atoms. The molecule has 0 saturated carbocycles. The van der Waals surface area contributed by atoms with Crippen LogP contribution in [0.3, 0.4) is 0 Å². The number of aromatic amines is 1. The van der Waals surface area contributed by atoms with E-state index in [2.05, 4.69) is 25.3 Å². The van der Waals surface area contributed by atoms with Gasteiger partial charge in [0.1, 0.15) is 5.69 Å². The lowest BCUT2D eigenvalue weighted by Gasteiger charge is -2.21. The van der Waals surface area contributed by atoms with Crippen LogP contribution in [0, 0.1) is 0 Å². The molecule has 4 rings (SSSR count). The Morgan fingerprint density at radius 2 is 1.96 bits per heavy atom. The molecule has 132 valence electrons. The molecular formula is C18H19N7O. The molecule has 8 nitrogen and oxygen atoms in total. The Kier molecular flexibility index (Phi) is 4.00. The number of nitrogens with zero attached hydrogens (tertiary/aromatic N) is 5. The van der Waals surface area contributed by atoms with Gasteiger partial charge in [-0.2, -0.15) is 4.98 Å². The van der Waals surface area contributed by atoms with Crippen LogP contribution < -0.4 is 15.1 Å². The third-order valence-electron chi connectivity index (χ3n) is 4.46. The number of carbonyl (C=O) groups excluding carboxylic acids is 1. The second-order valence-electron chi connectivity index (χ2n) is 6.10. The molecule has 2 aromatic heterocycles. The number of nitrogens with one attached hydrogen (secondary N) is 2. The number of para-hydroxylation sites is 1. The van der Waals surface area contributed by atoms with Gasteiger partial charge in [0.05, 0.1) is 23.8 Å². The molecular weight excluding hydrogens is 330 g/mol. The summed E-state index contributed by atoms with van der Waals surface area (Å²) in [5.41, 5.74) is 3.19. The maximum absolute atomic E-state index is 12.8. The zero-order chi connectivity index (χ0) is 18.1. The first-order valence-electron chi connectivity index (χ1n) is 8.34. The molecule has 1 amide bonds. The van der Waals surface area contributed by atoms with Crippen LogP contribution in [0.25, 0.3) is 0 Å². The van der Waals surface area contributed by atoms with Crippen molar-refractivity contribution in [2.75, 3.05) is 35.8 Å². The van der Waals surface area contributed by atoms with Gasteiger partial charge >= 0.3 is 0 Å². The molecule has 8 heteroatoms. The van der Waals surface area contributed by atoms with Crippen LogP contribution in [0.15, 0.2) is 43.0 Å². The molecule has 0 spiro atoms. The van der Waals surface area contributed by atoms with Crippen LogP contribution in [0.5, 0.6) is 0 Å². The highest BCUT2D eigenvalue weighted by Gasteiger charge is 2.28. The van der Waals surface area contributed by atoms with Gasteiger partial charge in [-0.1, -0.05) is 12.1 Å². The summed E-state index contributed by atoms with van der Waals surface area (Å²) in [6.07, 6.45) is 5.93. The lowest BCUT2D eigenvalue weighted by Crippen LogP contribution is -2.25. The first-order valence-corrected chi connectivity index (χ1v) is 8.34. The summed E-state index contributed by atoms with van der Waals surface area (Å²) in [5, 5.41) is 3.22. The molecule has 1 aromatic carbocycles. The number of fused-ring (bicyclic) bond motifs is 2. The number of hydrogen-bond donors (Lipinski definition) is 2. The van der Waals surface area contributed by atoms with Crippen molar-refractivity contribution in [1.29, 1.82) is 0 Å². The van der Waals surface area contributed by atoms with Crippen LogP contribution in [0.2, 0.25) is 0 Å². The van der Waals surface area contributed by atoms with Gasteiger partial charge in [0.25, 0.3) is 5.91 Å². The van der Waals surface area contributed by atoms with Crippen LogP contribution in [0.1, 0.15) is 16.1 Å². The molecule has 3 aromatic rings. The minimum Gasteiger partial charge on any atom is -0.354 e. The van der Waals surface area contributed by atoms with E-state index in [0.717, 1.165) is 17.8 Å². The summed E-state index contributed by atoms with van der Waals surface area (Å²) in [4.78, 5) is 32.3. The van der Waals surface area contributed by atoms with Crippen molar-refractivity contribution >= 4 is 29.0 Å². The average Bonchev–Trinajstić information content (AvgIpc) is 3.17. The predicted octanol–water partition coefficient (Wildman–Crippen LogP) is 2.21. The number of benzene rings is 1. The molecule has 2 N–H and O–H groups in total. The van der Waals surface area contributed by atoms with Crippen LogP contribution in [-0.2, 0) is 6.42 Å². The Morgan fingerprint density at radius 1 is 1.12 bits per heavy atom.